The van der Waals surface area contributed by atoms with Gasteiger partial charge < -0.3 is 16.7 Å². The van der Waals surface area contributed by atoms with E-state index in [0.717, 1.165) is 11.8 Å². The van der Waals surface area contributed by atoms with Crippen LogP contribution in [-0.2, 0) is 6.42 Å². The lowest BCUT2D eigenvalue weighted by Crippen LogP contribution is -2.13. The number of nitrogen functional groups attached to an aromatic ring is 2. The largest absolute Gasteiger partial charge is 0.478 e. The zero-order valence-electron chi connectivity index (χ0n) is 10.2. The summed E-state index contributed by atoms with van der Waals surface area (Å²) in [5.74, 6) is 5.40. The molecular formula is C11H13N5O2S. The number of hydrogen-bond acceptors (Lipinski definition) is 6. The average Bonchev–Trinajstić information content (AvgIpc) is 2.72. The van der Waals surface area contributed by atoms with Crippen molar-refractivity contribution in [3.05, 3.63) is 29.6 Å². The summed E-state index contributed by atoms with van der Waals surface area (Å²) in [6.07, 6.45) is 0.650. The molecule has 19 heavy (non-hydrogen) atoms. The SMILES string of the molecule is CCc1nnc(Sc2ccc(N)cc2C(=O)O)n1N. The number of carbonyl (C=O) groups is 1. The minimum Gasteiger partial charge on any atom is -0.478 e. The number of carboxylic acid groups (broad SMARTS) is 1. The summed E-state index contributed by atoms with van der Waals surface area (Å²) in [7, 11) is 0. The van der Waals surface area contributed by atoms with Crippen LogP contribution in [0.15, 0.2) is 28.3 Å². The monoisotopic (exact) mass is 279 g/mol. The van der Waals surface area contributed by atoms with E-state index in [2.05, 4.69) is 10.2 Å². The van der Waals surface area contributed by atoms with Gasteiger partial charge in [0, 0.05) is 17.0 Å². The van der Waals surface area contributed by atoms with Crippen molar-refractivity contribution in [2.75, 3.05) is 11.6 Å². The van der Waals surface area contributed by atoms with Crippen LogP contribution in [0.1, 0.15) is 23.1 Å². The summed E-state index contributed by atoms with van der Waals surface area (Å²) in [6.45, 7) is 1.91. The first-order chi connectivity index (χ1) is 9.02. The van der Waals surface area contributed by atoms with Gasteiger partial charge in [0.2, 0.25) is 5.16 Å². The van der Waals surface area contributed by atoms with Crippen LogP contribution in [0.25, 0.3) is 0 Å². The highest BCUT2D eigenvalue weighted by molar-refractivity contribution is 7.99. The average molecular weight is 279 g/mol. The van der Waals surface area contributed by atoms with Crippen molar-refractivity contribution in [3.63, 3.8) is 0 Å². The highest BCUT2D eigenvalue weighted by Crippen LogP contribution is 2.30. The molecule has 8 heteroatoms. The maximum Gasteiger partial charge on any atom is 0.336 e. The predicted octanol–water partition coefficient (Wildman–Crippen LogP) is 0.986. The van der Waals surface area contributed by atoms with Gasteiger partial charge in [0.25, 0.3) is 0 Å². The van der Waals surface area contributed by atoms with E-state index in [0.29, 0.717) is 28.0 Å². The predicted molar refractivity (Wildman–Crippen MR) is 71.5 cm³/mol. The Morgan fingerprint density at radius 1 is 1.47 bits per heavy atom. The number of nitrogens with zero attached hydrogens (tertiary/aromatic N) is 3. The van der Waals surface area contributed by atoms with Crippen LogP contribution >= 0.6 is 11.8 Å². The molecule has 0 saturated heterocycles. The Morgan fingerprint density at radius 3 is 2.79 bits per heavy atom. The van der Waals surface area contributed by atoms with Crippen LogP contribution in [0.5, 0.6) is 0 Å². The smallest absolute Gasteiger partial charge is 0.336 e. The summed E-state index contributed by atoms with van der Waals surface area (Å²) in [5, 5.41) is 17.4. The summed E-state index contributed by atoms with van der Waals surface area (Å²) in [5.41, 5.74) is 6.09. The van der Waals surface area contributed by atoms with Crippen molar-refractivity contribution >= 4 is 23.4 Å². The van der Waals surface area contributed by atoms with Gasteiger partial charge in [-0.3, -0.25) is 0 Å². The van der Waals surface area contributed by atoms with Crippen molar-refractivity contribution in [2.24, 2.45) is 0 Å². The number of aromatic carboxylic acids is 1. The minimum absolute atomic E-state index is 0.117. The maximum absolute atomic E-state index is 11.2. The molecule has 100 valence electrons. The van der Waals surface area contributed by atoms with E-state index < -0.39 is 5.97 Å². The second kappa shape index (κ2) is 5.19. The third kappa shape index (κ3) is 2.63. The minimum atomic E-state index is -1.05. The molecule has 7 nitrogen and oxygen atoms in total. The number of benzene rings is 1. The first-order valence-corrected chi connectivity index (χ1v) is 6.34. The van der Waals surface area contributed by atoms with Crippen molar-refractivity contribution in [3.8, 4) is 0 Å². The van der Waals surface area contributed by atoms with Gasteiger partial charge in [0.15, 0.2) is 5.82 Å². The quantitative estimate of drug-likeness (QED) is 0.563. The van der Waals surface area contributed by atoms with Crippen molar-refractivity contribution < 1.29 is 9.90 Å². The molecule has 0 aliphatic heterocycles. The number of aromatic nitrogens is 3. The van der Waals surface area contributed by atoms with Gasteiger partial charge in [-0.25, -0.2) is 9.47 Å². The Kier molecular flexibility index (Phi) is 3.61. The zero-order valence-corrected chi connectivity index (χ0v) is 11.0. The Labute approximate surface area is 113 Å². The molecule has 0 aliphatic carbocycles. The molecular weight excluding hydrogens is 266 g/mol. The molecule has 0 saturated carbocycles. The summed E-state index contributed by atoms with van der Waals surface area (Å²) in [6, 6.07) is 4.67. The first kappa shape index (κ1) is 13.2. The van der Waals surface area contributed by atoms with Crippen LogP contribution in [0.3, 0.4) is 0 Å². The van der Waals surface area contributed by atoms with E-state index in [4.69, 9.17) is 16.7 Å². The molecule has 0 amide bonds. The van der Waals surface area contributed by atoms with Crippen LogP contribution in [0, 0.1) is 0 Å². The van der Waals surface area contributed by atoms with E-state index in [1.807, 2.05) is 6.92 Å². The molecule has 0 atom stereocenters. The Hall–Kier alpha value is -2.22. The second-order valence-corrected chi connectivity index (χ2v) is 4.79. The number of nitrogens with two attached hydrogens (primary N) is 2. The van der Waals surface area contributed by atoms with Gasteiger partial charge in [-0.15, -0.1) is 10.2 Å². The summed E-state index contributed by atoms with van der Waals surface area (Å²) in [4.78, 5) is 11.7. The molecule has 1 aromatic carbocycles. The lowest BCUT2D eigenvalue weighted by molar-refractivity contribution is 0.0693. The third-order valence-electron chi connectivity index (χ3n) is 2.49. The molecule has 2 aromatic rings. The lowest BCUT2D eigenvalue weighted by Gasteiger charge is -2.06. The molecule has 0 bridgehead atoms. The van der Waals surface area contributed by atoms with Crippen molar-refractivity contribution in [1.29, 1.82) is 0 Å². The van der Waals surface area contributed by atoms with Gasteiger partial charge in [-0.2, -0.15) is 0 Å². The topological polar surface area (TPSA) is 120 Å². The summed E-state index contributed by atoms with van der Waals surface area (Å²) >= 11 is 1.14. The van der Waals surface area contributed by atoms with Crippen LogP contribution in [-0.4, -0.2) is 25.9 Å². The van der Waals surface area contributed by atoms with Crippen LogP contribution < -0.4 is 11.6 Å². The van der Waals surface area contributed by atoms with Gasteiger partial charge >= 0.3 is 5.97 Å². The molecule has 0 radical (unpaired) electrons. The third-order valence-corrected chi connectivity index (χ3v) is 3.52. The zero-order chi connectivity index (χ0) is 14.0. The molecule has 0 fully saturated rings. The molecule has 5 N–H and O–H groups in total. The number of rotatable bonds is 4. The van der Waals surface area contributed by atoms with E-state index >= 15 is 0 Å². The van der Waals surface area contributed by atoms with E-state index in [1.165, 1.54) is 10.7 Å². The lowest BCUT2D eigenvalue weighted by atomic mass is 10.2. The number of hydrogen-bond donors (Lipinski definition) is 3. The first-order valence-electron chi connectivity index (χ1n) is 5.53. The highest BCUT2D eigenvalue weighted by Gasteiger charge is 2.15. The normalized spacial score (nSPS) is 10.6. The fourth-order valence-electron chi connectivity index (χ4n) is 1.52. The fourth-order valence-corrected chi connectivity index (χ4v) is 2.39. The van der Waals surface area contributed by atoms with Gasteiger partial charge in [0.1, 0.15) is 0 Å². The number of carboxylic acids is 1. The van der Waals surface area contributed by atoms with Gasteiger partial charge in [0.05, 0.1) is 5.56 Å². The highest BCUT2D eigenvalue weighted by atomic mass is 32.2. The Balaban J connectivity index is 2.37. The van der Waals surface area contributed by atoms with Gasteiger partial charge in [-0.05, 0) is 30.0 Å². The molecule has 0 aliphatic rings. The van der Waals surface area contributed by atoms with Crippen molar-refractivity contribution in [1.82, 2.24) is 14.9 Å². The number of aryl methyl sites for hydroxylation is 1. The van der Waals surface area contributed by atoms with E-state index in [-0.39, 0.29) is 5.56 Å². The van der Waals surface area contributed by atoms with E-state index in [1.54, 1.807) is 12.1 Å². The molecule has 0 spiro atoms. The maximum atomic E-state index is 11.2. The van der Waals surface area contributed by atoms with Gasteiger partial charge in [-0.1, -0.05) is 6.92 Å². The molecule has 2 rings (SSSR count). The number of anilines is 1. The fraction of sp³-hybridized carbons (Fsp3) is 0.182. The van der Waals surface area contributed by atoms with E-state index in [9.17, 15) is 4.79 Å². The Bertz CT molecular complexity index is 626. The van der Waals surface area contributed by atoms with Crippen molar-refractivity contribution in [2.45, 2.75) is 23.4 Å². The van der Waals surface area contributed by atoms with Crippen LogP contribution in [0.2, 0.25) is 0 Å². The van der Waals surface area contributed by atoms with Crippen LogP contribution in [0.4, 0.5) is 5.69 Å². The molecule has 1 heterocycles. The Morgan fingerprint density at radius 2 is 2.21 bits per heavy atom. The summed E-state index contributed by atoms with van der Waals surface area (Å²) < 4.78 is 1.35. The molecule has 0 unspecified atom stereocenters. The second-order valence-electron chi connectivity index (χ2n) is 3.79. The molecule has 1 aromatic heterocycles. The standard InChI is InChI=1S/C11H13N5O2S/c1-2-9-14-15-11(16(9)13)19-8-4-3-6(12)5-7(8)10(17)18/h3-5H,2,12-13H2,1H3,(H,17,18).